The van der Waals surface area contributed by atoms with Crippen LogP contribution in [0.5, 0.6) is 0 Å². The molecule has 1 aromatic carbocycles. The molecule has 0 unspecified atom stereocenters. The Morgan fingerprint density at radius 2 is 1.90 bits per heavy atom. The van der Waals surface area contributed by atoms with Gasteiger partial charge in [-0.15, -0.1) is 0 Å². The largest absolute Gasteiger partial charge is 0.385 e. The molecule has 2 rings (SSSR count). The summed E-state index contributed by atoms with van der Waals surface area (Å²) in [5.74, 6) is 1.16. The van der Waals surface area contributed by atoms with Crippen LogP contribution < -0.4 is 10.6 Å². The molecule has 0 spiro atoms. The van der Waals surface area contributed by atoms with Gasteiger partial charge in [0.2, 0.25) is 0 Å². The Bertz CT molecular complexity index is 565. The number of anilines is 2. The first kappa shape index (κ1) is 15.2. The fraction of sp³-hybridized carbons (Fsp3) is 0.333. The maximum atomic E-state index is 13.5. The average Bonchev–Trinajstić information content (AvgIpc) is 2.51. The number of halogens is 1. The molecule has 0 radical (unpaired) electrons. The third-order valence-electron chi connectivity index (χ3n) is 2.92. The number of rotatable bonds is 8. The van der Waals surface area contributed by atoms with Crippen molar-refractivity contribution in [3.63, 3.8) is 0 Å². The molecule has 0 bridgehead atoms. The number of nitrogens with zero attached hydrogens (tertiary/aromatic N) is 2. The topological polar surface area (TPSA) is 59.1 Å². The molecule has 0 fully saturated rings. The summed E-state index contributed by atoms with van der Waals surface area (Å²) in [5.41, 5.74) is 0.603. The summed E-state index contributed by atoms with van der Waals surface area (Å²) in [6, 6.07) is 8.47. The van der Waals surface area contributed by atoms with Crippen LogP contribution in [-0.2, 0) is 11.3 Å². The van der Waals surface area contributed by atoms with Crippen LogP contribution in [0, 0.1) is 5.82 Å². The zero-order valence-electron chi connectivity index (χ0n) is 12.0. The first-order chi connectivity index (χ1) is 10.3. The molecule has 21 heavy (non-hydrogen) atoms. The summed E-state index contributed by atoms with van der Waals surface area (Å²) >= 11 is 0. The van der Waals surface area contributed by atoms with E-state index in [4.69, 9.17) is 4.74 Å². The zero-order chi connectivity index (χ0) is 14.9. The highest BCUT2D eigenvalue weighted by atomic mass is 19.1. The Morgan fingerprint density at radius 3 is 2.67 bits per heavy atom. The highest BCUT2D eigenvalue weighted by Crippen LogP contribution is 2.12. The van der Waals surface area contributed by atoms with Gasteiger partial charge in [0.05, 0.1) is 0 Å². The monoisotopic (exact) mass is 290 g/mol. The number of hydrogen-bond acceptors (Lipinski definition) is 5. The lowest BCUT2D eigenvalue weighted by atomic mass is 10.2. The summed E-state index contributed by atoms with van der Waals surface area (Å²) in [6.07, 6.45) is 2.38. The van der Waals surface area contributed by atoms with Crippen molar-refractivity contribution < 1.29 is 9.13 Å². The molecule has 2 N–H and O–H groups in total. The first-order valence-corrected chi connectivity index (χ1v) is 6.81. The molecule has 0 saturated heterocycles. The number of aromatic nitrogens is 2. The van der Waals surface area contributed by atoms with Crippen molar-refractivity contribution >= 4 is 11.6 Å². The number of ether oxygens (including phenoxy) is 1. The number of methoxy groups -OCH3 is 1. The highest BCUT2D eigenvalue weighted by molar-refractivity contribution is 5.46. The quantitative estimate of drug-likeness (QED) is 0.732. The standard InChI is InChI=1S/C15H19FN4O/c1-21-8-4-7-17-14-9-15(20-11-19-14)18-10-12-5-2-3-6-13(12)16/h2-3,5-6,9,11H,4,7-8,10H2,1H3,(H2,17,18,19,20). The van der Waals surface area contributed by atoms with Gasteiger partial charge >= 0.3 is 0 Å². The fourth-order valence-electron chi connectivity index (χ4n) is 1.81. The van der Waals surface area contributed by atoms with Gasteiger partial charge in [0, 0.05) is 38.4 Å². The minimum atomic E-state index is -0.225. The summed E-state index contributed by atoms with van der Waals surface area (Å²) in [7, 11) is 1.68. The molecule has 0 aliphatic carbocycles. The van der Waals surface area contributed by atoms with Crippen LogP contribution in [0.25, 0.3) is 0 Å². The maximum absolute atomic E-state index is 13.5. The maximum Gasteiger partial charge on any atom is 0.131 e. The van der Waals surface area contributed by atoms with Gasteiger partial charge < -0.3 is 15.4 Å². The Hall–Kier alpha value is -2.21. The van der Waals surface area contributed by atoms with Crippen LogP contribution in [0.4, 0.5) is 16.0 Å². The smallest absolute Gasteiger partial charge is 0.131 e. The van der Waals surface area contributed by atoms with Gasteiger partial charge in [-0.05, 0) is 12.5 Å². The van der Waals surface area contributed by atoms with Crippen LogP contribution in [0.3, 0.4) is 0 Å². The summed E-state index contributed by atoms with van der Waals surface area (Å²) in [5, 5.41) is 6.27. The van der Waals surface area contributed by atoms with Gasteiger partial charge in [-0.3, -0.25) is 0 Å². The second kappa shape index (κ2) is 8.16. The van der Waals surface area contributed by atoms with Crippen LogP contribution in [0.15, 0.2) is 36.7 Å². The molecule has 6 heteroatoms. The Morgan fingerprint density at radius 1 is 1.14 bits per heavy atom. The van der Waals surface area contributed by atoms with Crippen molar-refractivity contribution in [3.05, 3.63) is 48.0 Å². The van der Waals surface area contributed by atoms with Crippen LogP contribution in [-0.4, -0.2) is 30.2 Å². The lowest BCUT2D eigenvalue weighted by molar-refractivity contribution is 0.198. The first-order valence-electron chi connectivity index (χ1n) is 6.81. The van der Waals surface area contributed by atoms with E-state index in [1.54, 1.807) is 25.3 Å². The molecular weight excluding hydrogens is 271 g/mol. The van der Waals surface area contributed by atoms with Crippen molar-refractivity contribution in [1.82, 2.24) is 9.97 Å². The lowest BCUT2D eigenvalue weighted by Gasteiger charge is -2.09. The van der Waals surface area contributed by atoms with E-state index in [-0.39, 0.29) is 5.82 Å². The van der Waals surface area contributed by atoms with Gasteiger partial charge in [-0.2, -0.15) is 0 Å². The number of benzene rings is 1. The van der Waals surface area contributed by atoms with E-state index in [2.05, 4.69) is 20.6 Å². The van der Waals surface area contributed by atoms with E-state index in [0.717, 1.165) is 18.8 Å². The highest BCUT2D eigenvalue weighted by Gasteiger charge is 2.02. The van der Waals surface area contributed by atoms with E-state index < -0.39 is 0 Å². The van der Waals surface area contributed by atoms with Gasteiger partial charge in [0.15, 0.2) is 0 Å². The lowest BCUT2D eigenvalue weighted by Crippen LogP contribution is -2.08. The van der Waals surface area contributed by atoms with E-state index in [1.165, 1.54) is 12.4 Å². The predicted molar refractivity (Wildman–Crippen MR) is 80.7 cm³/mol. The van der Waals surface area contributed by atoms with Crippen molar-refractivity contribution in [2.24, 2.45) is 0 Å². The molecule has 1 aromatic heterocycles. The van der Waals surface area contributed by atoms with Gasteiger partial charge in [-0.1, -0.05) is 18.2 Å². The molecule has 1 heterocycles. The normalized spacial score (nSPS) is 10.4. The minimum Gasteiger partial charge on any atom is -0.385 e. The predicted octanol–water partition coefficient (Wildman–Crippen LogP) is 2.68. The van der Waals surface area contributed by atoms with Crippen molar-refractivity contribution in [2.45, 2.75) is 13.0 Å². The molecule has 2 aromatic rings. The molecule has 5 nitrogen and oxygen atoms in total. The molecule has 0 amide bonds. The molecule has 0 aliphatic rings. The third kappa shape index (κ3) is 5.00. The molecule has 0 aliphatic heterocycles. The van der Waals surface area contributed by atoms with Gasteiger partial charge in [0.1, 0.15) is 23.8 Å². The Labute approximate surface area is 123 Å². The van der Waals surface area contributed by atoms with Crippen molar-refractivity contribution in [3.8, 4) is 0 Å². The van der Waals surface area contributed by atoms with E-state index in [9.17, 15) is 4.39 Å². The molecule has 112 valence electrons. The summed E-state index contributed by atoms with van der Waals surface area (Å²) < 4.78 is 18.5. The van der Waals surface area contributed by atoms with E-state index in [0.29, 0.717) is 24.5 Å². The molecular formula is C15H19FN4O. The van der Waals surface area contributed by atoms with Crippen LogP contribution in [0.1, 0.15) is 12.0 Å². The Balaban J connectivity index is 1.87. The minimum absolute atomic E-state index is 0.225. The fourth-order valence-corrected chi connectivity index (χ4v) is 1.81. The average molecular weight is 290 g/mol. The summed E-state index contributed by atoms with van der Waals surface area (Å²) in [6.45, 7) is 1.86. The molecule has 0 atom stereocenters. The van der Waals surface area contributed by atoms with Crippen LogP contribution in [0.2, 0.25) is 0 Å². The molecule has 0 saturated carbocycles. The van der Waals surface area contributed by atoms with Crippen LogP contribution >= 0.6 is 0 Å². The zero-order valence-corrected chi connectivity index (χ0v) is 12.0. The summed E-state index contributed by atoms with van der Waals surface area (Å²) in [4.78, 5) is 8.25. The van der Waals surface area contributed by atoms with Crippen molar-refractivity contribution in [2.75, 3.05) is 30.9 Å². The van der Waals surface area contributed by atoms with E-state index >= 15 is 0 Å². The second-order valence-electron chi connectivity index (χ2n) is 4.51. The van der Waals surface area contributed by atoms with Gasteiger partial charge in [0.25, 0.3) is 0 Å². The number of nitrogens with one attached hydrogen (secondary N) is 2. The second-order valence-corrected chi connectivity index (χ2v) is 4.51. The van der Waals surface area contributed by atoms with Crippen molar-refractivity contribution in [1.29, 1.82) is 0 Å². The SMILES string of the molecule is COCCCNc1cc(NCc2ccccc2F)ncn1. The third-order valence-corrected chi connectivity index (χ3v) is 2.92. The number of hydrogen-bond donors (Lipinski definition) is 2. The van der Waals surface area contributed by atoms with Gasteiger partial charge in [-0.25, -0.2) is 14.4 Å². The Kier molecular flexibility index (Phi) is 5.90. The van der Waals surface area contributed by atoms with E-state index in [1.807, 2.05) is 6.07 Å².